The number of sulfone groups is 1. The molecule has 28 heavy (non-hydrogen) atoms. The number of nitrogens with zero attached hydrogens (tertiary/aromatic N) is 3. The maximum absolute atomic E-state index is 12.8. The van der Waals surface area contributed by atoms with Gasteiger partial charge in [0, 0.05) is 43.2 Å². The van der Waals surface area contributed by atoms with Gasteiger partial charge in [0.05, 0.1) is 16.0 Å². The maximum Gasteiger partial charge on any atom is 0.204 e. The van der Waals surface area contributed by atoms with E-state index in [1.165, 1.54) is 29.0 Å². The van der Waals surface area contributed by atoms with E-state index >= 15 is 0 Å². The molecule has 4 rings (SSSR count). The van der Waals surface area contributed by atoms with Gasteiger partial charge in [-0.1, -0.05) is 29.5 Å². The molecule has 1 fully saturated rings. The largest absolute Gasteiger partial charge is 0.347 e. The van der Waals surface area contributed by atoms with Gasteiger partial charge in [0.2, 0.25) is 5.78 Å². The highest BCUT2D eigenvalue weighted by molar-refractivity contribution is 7.90. The van der Waals surface area contributed by atoms with Crippen molar-refractivity contribution in [2.45, 2.75) is 17.2 Å². The standard InChI is InChI=1S/C20H19N3O3S2/c1-28(25,26)17-6-2-4-14(10-17)19(24)18-12-22-20(27-18)23-9-7-16(13-23)15-5-3-8-21-11-15/h2-6,8,10-12,16H,7,9,13H2,1H3/t16-/m1/s1. The number of hydrogen-bond donors (Lipinski definition) is 0. The van der Waals surface area contributed by atoms with Crippen molar-refractivity contribution in [3.63, 3.8) is 0 Å². The molecule has 0 unspecified atom stereocenters. The second-order valence-corrected chi connectivity index (χ2v) is 9.88. The summed E-state index contributed by atoms with van der Waals surface area (Å²) in [6.45, 7) is 1.72. The van der Waals surface area contributed by atoms with E-state index in [2.05, 4.69) is 20.9 Å². The van der Waals surface area contributed by atoms with Gasteiger partial charge in [-0.3, -0.25) is 9.78 Å². The second-order valence-electron chi connectivity index (χ2n) is 6.85. The first kappa shape index (κ1) is 18.8. The van der Waals surface area contributed by atoms with Gasteiger partial charge in [-0.15, -0.1) is 0 Å². The minimum absolute atomic E-state index is 0.141. The van der Waals surface area contributed by atoms with Crippen molar-refractivity contribution >= 4 is 32.1 Å². The SMILES string of the molecule is CS(=O)(=O)c1cccc(C(=O)c2cnc(N3CC[C@@H](c4cccnc4)C3)s2)c1. The molecular formula is C20H19N3O3S2. The zero-order valence-electron chi connectivity index (χ0n) is 15.3. The number of ketones is 1. The highest BCUT2D eigenvalue weighted by Crippen LogP contribution is 2.33. The Morgan fingerprint density at radius 1 is 1.21 bits per heavy atom. The Morgan fingerprint density at radius 3 is 2.82 bits per heavy atom. The summed E-state index contributed by atoms with van der Waals surface area (Å²) in [6.07, 6.45) is 7.40. The molecule has 1 saturated heterocycles. The van der Waals surface area contributed by atoms with Crippen molar-refractivity contribution in [1.82, 2.24) is 9.97 Å². The molecule has 1 aromatic carbocycles. The Kier molecular flexibility index (Phi) is 4.99. The molecule has 0 bridgehead atoms. The monoisotopic (exact) mass is 413 g/mol. The van der Waals surface area contributed by atoms with Gasteiger partial charge < -0.3 is 4.90 Å². The third-order valence-corrected chi connectivity index (χ3v) is 7.02. The van der Waals surface area contributed by atoms with Gasteiger partial charge in [-0.05, 0) is 30.2 Å². The van der Waals surface area contributed by atoms with Crippen LogP contribution >= 0.6 is 11.3 Å². The molecule has 144 valence electrons. The normalized spacial score (nSPS) is 17.0. The Hall–Kier alpha value is -2.58. The van der Waals surface area contributed by atoms with E-state index in [9.17, 15) is 13.2 Å². The molecule has 6 nitrogen and oxygen atoms in total. The van der Waals surface area contributed by atoms with Crippen LogP contribution in [0, 0.1) is 0 Å². The predicted octanol–water partition coefficient (Wildman–Crippen LogP) is 3.17. The van der Waals surface area contributed by atoms with Crippen LogP contribution in [0.2, 0.25) is 0 Å². The number of thiazole rings is 1. The van der Waals surface area contributed by atoms with Crippen LogP contribution in [0.3, 0.4) is 0 Å². The van der Waals surface area contributed by atoms with Crippen molar-refractivity contribution in [2.75, 3.05) is 24.2 Å². The second kappa shape index (κ2) is 7.44. The van der Waals surface area contributed by atoms with Crippen molar-refractivity contribution in [2.24, 2.45) is 0 Å². The summed E-state index contributed by atoms with van der Waals surface area (Å²) in [5.41, 5.74) is 1.57. The highest BCUT2D eigenvalue weighted by atomic mass is 32.2. The smallest absolute Gasteiger partial charge is 0.204 e. The zero-order chi connectivity index (χ0) is 19.7. The first-order valence-electron chi connectivity index (χ1n) is 8.87. The Bertz CT molecular complexity index is 1110. The molecule has 0 spiro atoms. The first-order chi connectivity index (χ1) is 13.4. The molecule has 0 aliphatic carbocycles. The van der Waals surface area contributed by atoms with Crippen molar-refractivity contribution in [3.05, 3.63) is 71.0 Å². The molecule has 3 aromatic rings. The molecule has 1 aliphatic heterocycles. The minimum atomic E-state index is -3.36. The summed E-state index contributed by atoms with van der Waals surface area (Å²) in [5, 5.41) is 0.814. The van der Waals surface area contributed by atoms with E-state index < -0.39 is 9.84 Å². The van der Waals surface area contributed by atoms with Crippen LogP contribution in [-0.4, -0.2) is 43.5 Å². The van der Waals surface area contributed by atoms with Crippen LogP contribution in [0.5, 0.6) is 0 Å². The maximum atomic E-state index is 12.8. The highest BCUT2D eigenvalue weighted by Gasteiger charge is 2.27. The first-order valence-corrected chi connectivity index (χ1v) is 11.6. The molecule has 8 heteroatoms. The number of anilines is 1. The lowest BCUT2D eigenvalue weighted by Crippen LogP contribution is -2.18. The summed E-state index contributed by atoms with van der Waals surface area (Å²) in [6, 6.07) is 10.2. The van der Waals surface area contributed by atoms with E-state index in [0.717, 1.165) is 30.9 Å². The molecule has 0 radical (unpaired) electrons. The van der Waals surface area contributed by atoms with Crippen LogP contribution in [0.1, 0.15) is 33.1 Å². The molecule has 2 aromatic heterocycles. The Morgan fingerprint density at radius 2 is 2.07 bits per heavy atom. The van der Waals surface area contributed by atoms with Crippen LogP contribution in [-0.2, 0) is 9.84 Å². The average molecular weight is 414 g/mol. The fourth-order valence-electron chi connectivity index (χ4n) is 3.35. The molecule has 1 aliphatic rings. The lowest BCUT2D eigenvalue weighted by molar-refractivity contribution is 0.104. The molecule has 1 atom stereocenters. The lowest BCUT2D eigenvalue weighted by Gasteiger charge is -2.14. The quantitative estimate of drug-likeness (QED) is 0.598. The van der Waals surface area contributed by atoms with Crippen LogP contribution in [0.4, 0.5) is 5.13 Å². The summed E-state index contributed by atoms with van der Waals surface area (Å²) < 4.78 is 23.5. The number of rotatable bonds is 5. The van der Waals surface area contributed by atoms with E-state index in [0.29, 0.717) is 16.4 Å². The van der Waals surface area contributed by atoms with Crippen LogP contribution < -0.4 is 4.90 Å². The van der Waals surface area contributed by atoms with Gasteiger partial charge in [-0.25, -0.2) is 13.4 Å². The van der Waals surface area contributed by atoms with Gasteiger partial charge in [0.15, 0.2) is 15.0 Å². The molecule has 0 amide bonds. The minimum Gasteiger partial charge on any atom is -0.347 e. The van der Waals surface area contributed by atoms with Gasteiger partial charge in [0.1, 0.15) is 0 Å². The Labute approximate surface area is 167 Å². The lowest BCUT2D eigenvalue weighted by atomic mass is 10.0. The van der Waals surface area contributed by atoms with E-state index in [-0.39, 0.29) is 10.7 Å². The van der Waals surface area contributed by atoms with Gasteiger partial charge >= 0.3 is 0 Å². The van der Waals surface area contributed by atoms with Gasteiger partial charge in [-0.2, -0.15) is 0 Å². The average Bonchev–Trinajstić information content (AvgIpc) is 3.37. The molecule has 0 N–H and O–H groups in total. The third-order valence-electron chi connectivity index (χ3n) is 4.86. The topological polar surface area (TPSA) is 80.2 Å². The number of aromatic nitrogens is 2. The Balaban J connectivity index is 1.51. The zero-order valence-corrected chi connectivity index (χ0v) is 16.9. The summed E-state index contributed by atoms with van der Waals surface area (Å²) in [5.74, 6) is 0.195. The summed E-state index contributed by atoms with van der Waals surface area (Å²) >= 11 is 1.34. The summed E-state index contributed by atoms with van der Waals surface area (Å²) in [7, 11) is -3.36. The van der Waals surface area contributed by atoms with Gasteiger partial charge in [0.25, 0.3) is 0 Å². The summed E-state index contributed by atoms with van der Waals surface area (Å²) in [4.78, 5) is 24.2. The molecule has 3 heterocycles. The fourth-order valence-corrected chi connectivity index (χ4v) is 4.93. The van der Waals surface area contributed by atoms with Crippen LogP contribution in [0.15, 0.2) is 59.9 Å². The number of carbonyl (C=O) groups excluding carboxylic acids is 1. The van der Waals surface area contributed by atoms with Crippen molar-refractivity contribution < 1.29 is 13.2 Å². The number of benzene rings is 1. The van der Waals surface area contributed by atoms with E-state index in [1.807, 2.05) is 12.3 Å². The number of carbonyl (C=O) groups is 1. The van der Waals surface area contributed by atoms with Crippen molar-refractivity contribution in [3.8, 4) is 0 Å². The van der Waals surface area contributed by atoms with E-state index in [1.54, 1.807) is 24.5 Å². The fraction of sp³-hybridized carbons (Fsp3) is 0.250. The number of hydrogen-bond acceptors (Lipinski definition) is 7. The van der Waals surface area contributed by atoms with Crippen LogP contribution in [0.25, 0.3) is 0 Å². The molecular weight excluding hydrogens is 394 g/mol. The number of pyridine rings is 1. The molecule has 0 saturated carbocycles. The predicted molar refractivity (Wildman–Crippen MR) is 109 cm³/mol. The third kappa shape index (κ3) is 3.83. The van der Waals surface area contributed by atoms with Crippen molar-refractivity contribution in [1.29, 1.82) is 0 Å². The van der Waals surface area contributed by atoms with E-state index in [4.69, 9.17) is 0 Å².